The molecule has 3 rings (SSSR count). The first-order chi connectivity index (χ1) is 13.8. The molecule has 1 aromatic heterocycles. The van der Waals surface area contributed by atoms with Crippen molar-refractivity contribution in [1.82, 2.24) is 20.5 Å². The summed E-state index contributed by atoms with van der Waals surface area (Å²) < 4.78 is 0. The van der Waals surface area contributed by atoms with Crippen LogP contribution in [0.2, 0.25) is 0 Å². The average molecular weight is 515 g/mol. The second-order valence-corrected chi connectivity index (χ2v) is 7.95. The zero-order chi connectivity index (χ0) is 19.4. The number of piperidine rings is 1. The minimum absolute atomic E-state index is 0. The predicted octanol–water partition coefficient (Wildman–Crippen LogP) is 3.62. The Labute approximate surface area is 194 Å². The minimum Gasteiger partial charge on any atom is -0.357 e. The molecule has 2 N–H and O–H groups in total. The molecule has 2 saturated heterocycles. The van der Waals surface area contributed by atoms with Crippen molar-refractivity contribution in [2.45, 2.75) is 58.4 Å². The van der Waals surface area contributed by atoms with Crippen LogP contribution in [0.4, 0.5) is 5.82 Å². The van der Waals surface area contributed by atoms with Gasteiger partial charge in [0, 0.05) is 38.9 Å². The third-order valence-corrected chi connectivity index (χ3v) is 5.67. The van der Waals surface area contributed by atoms with Crippen molar-refractivity contribution in [2.75, 3.05) is 50.7 Å². The molecule has 1 aromatic rings. The highest BCUT2D eigenvalue weighted by Gasteiger charge is 2.11. The monoisotopic (exact) mass is 514 g/mol. The van der Waals surface area contributed by atoms with Gasteiger partial charge in [0.15, 0.2) is 5.96 Å². The van der Waals surface area contributed by atoms with Crippen LogP contribution in [0, 0.1) is 0 Å². The molecule has 0 saturated carbocycles. The zero-order valence-electron chi connectivity index (χ0n) is 18.0. The largest absolute Gasteiger partial charge is 0.357 e. The standard InChI is InChI=1S/C22H38N6.HI/c1-2-23-22(24-12-17-27-13-6-5-7-14-27)26-19-20-10-11-21(25-18-20)28-15-8-3-4-9-16-28;/h10-11,18H,2-9,12-17,19H2,1H3,(H2,23,24,26);1H. The van der Waals surface area contributed by atoms with Crippen LogP contribution in [-0.4, -0.2) is 61.7 Å². The number of pyridine rings is 1. The molecule has 2 aliphatic rings. The highest BCUT2D eigenvalue weighted by Crippen LogP contribution is 2.17. The van der Waals surface area contributed by atoms with Gasteiger partial charge in [0.05, 0.1) is 6.54 Å². The highest BCUT2D eigenvalue weighted by atomic mass is 127. The summed E-state index contributed by atoms with van der Waals surface area (Å²) in [5.74, 6) is 2.01. The summed E-state index contributed by atoms with van der Waals surface area (Å²) in [7, 11) is 0. The van der Waals surface area contributed by atoms with Crippen molar-refractivity contribution < 1.29 is 0 Å². The maximum absolute atomic E-state index is 4.75. The van der Waals surface area contributed by atoms with E-state index in [1.54, 1.807) is 0 Å². The Bertz CT molecular complexity index is 577. The molecule has 0 spiro atoms. The Kier molecular flexibility index (Phi) is 11.7. The summed E-state index contributed by atoms with van der Waals surface area (Å²) in [6, 6.07) is 4.33. The van der Waals surface area contributed by atoms with Gasteiger partial charge in [0.25, 0.3) is 0 Å². The fourth-order valence-electron chi connectivity index (χ4n) is 4.02. The molecule has 0 aliphatic carbocycles. The number of guanidine groups is 1. The summed E-state index contributed by atoms with van der Waals surface area (Å²) >= 11 is 0. The van der Waals surface area contributed by atoms with E-state index in [2.05, 4.69) is 39.5 Å². The minimum atomic E-state index is 0. The molecular formula is C22H39IN6. The van der Waals surface area contributed by atoms with Gasteiger partial charge in [-0.15, -0.1) is 24.0 Å². The van der Waals surface area contributed by atoms with Crippen LogP contribution in [0.1, 0.15) is 57.4 Å². The third kappa shape index (κ3) is 8.66. The van der Waals surface area contributed by atoms with Gasteiger partial charge in [-0.25, -0.2) is 9.98 Å². The Morgan fingerprint density at radius 2 is 1.66 bits per heavy atom. The number of hydrogen-bond acceptors (Lipinski definition) is 4. The summed E-state index contributed by atoms with van der Waals surface area (Å²) in [4.78, 5) is 14.4. The van der Waals surface area contributed by atoms with Crippen molar-refractivity contribution in [3.8, 4) is 0 Å². The van der Waals surface area contributed by atoms with E-state index in [0.717, 1.165) is 50.1 Å². The molecule has 7 heteroatoms. The quantitative estimate of drug-likeness (QED) is 0.331. The van der Waals surface area contributed by atoms with E-state index < -0.39 is 0 Å². The number of nitrogens with one attached hydrogen (secondary N) is 2. The number of nitrogens with zero attached hydrogens (tertiary/aromatic N) is 4. The molecule has 0 aromatic carbocycles. The molecule has 29 heavy (non-hydrogen) atoms. The SMILES string of the molecule is CCNC(=NCc1ccc(N2CCCCCC2)nc1)NCCN1CCCCC1.I. The number of anilines is 1. The molecule has 0 bridgehead atoms. The maximum atomic E-state index is 4.75. The van der Waals surface area contributed by atoms with Crippen molar-refractivity contribution in [3.63, 3.8) is 0 Å². The Balaban J connectivity index is 0.00000300. The fraction of sp³-hybridized carbons (Fsp3) is 0.727. The first-order valence-corrected chi connectivity index (χ1v) is 11.3. The van der Waals surface area contributed by atoms with Crippen LogP contribution in [-0.2, 0) is 6.54 Å². The van der Waals surface area contributed by atoms with Gasteiger partial charge in [0.1, 0.15) is 5.82 Å². The molecule has 6 nitrogen and oxygen atoms in total. The highest BCUT2D eigenvalue weighted by molar-refractivity contribution is 14.0. The van der Waals surface area contributed by atoms with Crippen molar-refractivity contribution in [1.29, 1.82) is 0 Å². The van der Waals surface area contributed by atoms with Crippen molar-refractivity contribution in [3.05, 3.63) is 23.9 Å². The van der Waals surface area contributed by atoms with Gasteiger partial charge in [-0.3, -0.25) is 0 Å². The number of aromatic nitrogens is 1. The van der Waals surface area contributed by atoms with E-state index >= 15 is 0 Å². The molecule has 3 heterocycles. The molecule has 2 fully saturated rings. The summed E-state index contributed by atoms with van der Waals surface area (Å²) in [6.07, 6.45) is 11.3. The number of likely N-dealkylation sites (tertiary alicyclic amines) is 1. The summed E-state index contributed by atoms with van der Waals surface area (Å²) in [5, 5.41) is 6.83. The van der Waals surface area contributed by atoms with Gasteiger partial charge in [-0.1, -0.05) is 25.3 Å². The number of halogens is 1. The maximum Gasteiger partial charge on any atom is 0.191 e. The van der Waals surface area contributed by atoms with Gasteiger partial charge in [0.2, 0.25) is 0 Å². The molecule has 0 atom stereocenters. The van der Waals surface area contributed by atoms with Crippen LogP contribution < -0.4 is 15.5 Å². The van der Waals surface area contributed by atoms with Gasteiger partial charge < -0.3 is 20.4 Å². The van der Waals surface area contributed by atoms with Crippen LogP contribution in [0.25, 0.3) is 0 Å². The second-order valence-electron chi connectivity index (χ2n) is 7.95. The van der Waals surface area contributed by atoms with E-state index in [-0.39, 0.29) is 24.0 Å². The lowest BCUT2D eigenvalue weighted by atomic mass is 10.1. The van der Waals surface area contributed by atoms with E-state index in [9.17, 15) is 0 Å². The van der Waals surface area contributed by atoms with E-state index in [1.807, 2.05) is 6.20 Å². The topological polar surface area (TPSA) is 55.8 Å². The summed E-state index contributed by atoms with van der Waals surface area (Å²) in [5.41, 5.74) is 1.16. The van der Waals surface area contributed by atoms with Crippen LogP contribution in [0.3, 0.4) is 0 Å². The lowest BCUT2D eigenvalue weighted by Crippen LogP contribution is -2.42. The number of rotatable bonds is 7. The molecule has 0 radical (unpaired) electrons. The molecule has 0 unspecified atom stereocenters. The second kappa shape index (κ2) is 14.0. The Hall–Kier alpha value is -1.09. The van der Waals surface area contributed by atoms with Crippen LogP contribution in [0.15, 0.2) is 23.3 Å². The summed E-state index contributed by atoms with van der Waals surface area (Å²) in [6.45, 7) is 10.4. The first-order valence-electron chi connectivity index (χ1n) is 11.3. The van der Waals surface area contributed by atoms with E-state index in [0.29, 0.717) is 6.54 Å². The first kappa shape index (κ1) is 24.2. The third-order valence-electron chi connectivity index (χ3n) is 5.67. The van der Waals surface area contributed by atoms with Gasteiger partial charge in [-0.2, -0.15) is 0 Å². The molecule has 2 aliphatic heterocycles. The molecule has 0 amide bonds. The number of aliphatic imine (C=N–C) groups is 1. The number of hydrogen-bond donors (Lipinski definition) is 2. The van der Waals surface area contributed by atoms with E-state index in [4.69, 9.17) is 9.98 Å². The lowest BCUT2D eigenvalue weighted by molar-refractivity contribution is 0.232. The van der Waals surface area contributed by atoms with Gasteiger partial charge >= 0.3 is 0 Å². The zero-order valence-corrected chi connectivity index (χ0v) is 20.4. The van der Waals surface area contributed by atoms with E-state index in [1.165, 1.54) is 58.0 Å². The Morgan fingerprint density at radius 1 is 0.966 bits per heavy atom. The normalized spacial score (nSPS) is 18.7. The average Bonchev–Trinajstić information content (AvgIpc) is 3.03. The Morgan fingerprint density at radius 3 is 2.31 bits per heavy atom. The van der Waals surface area contributed by atoms with Crippen molar-refractivity contribution in [2.24, 2.45) is 4.99 Å². The molecule has 164 valence electrons. The van der Waals surface area contributed by atoms with Gasteiger partial charge in [-0.05, 0) is 57.3 Å². The van der Waals surface area contributed by atoms with Crippen LogP contribution >= 0.6 is 24.0 Å². The lowest BCUT2D eigenvalue weighted by Gasteiger charge is -2.26. The molecular weight excluding hydrogens is 475 g/mol. The smallest absolute Gasteiger partial charge is 0.191 e. The van der Waals surface area contributed by atoms with Crippen LogP contribution in [0.5, 0.6) is 0 Å². The fourth-order valence-corrected chi connectivity index (χ4v) is 4.02. The van der Waals surface area contributed by atoms with Crippen molar-refractivity contribution >= 4 is 35.8 Å². The predicted molar refractivity (Wildman–Crippen MR) is 133 cm³/mol.